The number of H-pyrrole nitrogens is 1. The number of rotatable bonds is 15. The minimum absolute atomic E-state index is 0.588. The summed E-state index contributed by atoms with van der Waals surface area (Å²) in [6, 6.07) is 16.8. The van der Waals surface area contributed by atoms with Gasteiger partial charge in [-0.3, -0.25) is 0 Å². The first-order valence-corrected chi connectivity index (χ1v) is 13.2. The first-order valence-electron chi connectivity index (χ1n) is 12.8. The van der Waals surface area contributed by atoms with Crippen LogP contribution in [0.4, 0.5) is 0 Å². The lowest BCUT2D eigenvalue weighted by Crippen LogP contribution is -2.45. The first kappa shape index (κ1) is 27.7. The standard InChI is InChI=1S/C27H38N6O2S/c1-4-7-16-33(27(36)32(17-19-34-5-2)18-20-35-6-3)21-22-12-14-23(15-13-22)24-10-8-9-11-25(24)26-28-30-31-29-26/h8-15H,4-7,16-21H2,1-3H3,(H,28,29,30,31). The van der Waals surface area contributed by atoms with Crippen molar-refractivity contribution in [1.82, 2.24) is 30.4 Å². The number of thiocarbonyl (C=S) groups is 1. The maximum atomic E-state index is 5.99. The van der Waals surface area contributed by atoms with Crippen molar-refractivity contribution < 1.29 is 9.47 Å². The molecule has 0 saturated carbocycles. The molecule has 0 amide bonds. The maximum absolute atomic E-state index is 5.99. The van der Waals surface area contributed by atoms with Gasteiger partial charge in [0.25, 0.3) is 0 Å². The molecule has 0 radical (unpaired) electrons. The summed E-state index contributed by atoms with van der Waals surface area (Å²) in [4.78, 5) is 4.52. The Labute approximate surface area is 220 Å². The molecular weight excluding hydrogens is 472 g/mol. The van der Waals surface area contributed by atoms with Crippen LogP contribution in [0.3, 0.4) is 0 Å². The summed E-state index contributed by atoms with van der Waals surface area (Å²) in [7, 11) is 0. The van der Waals surface area contributed by atoms with E-state index in [1.165, 1.54) is 5.56 Å². The van der Waals surface area contributed by atoms with Gasteiger partial charge >= 0.3 is 0 Å². The van der Waals surface area contributed by atoms with E-state index in [0.717, 1.165) is 60.8 Å². The van der Waals surface area contributed by atoms with Gasteiger partial charge in [0.2, 0.25) is 5.82 Å². The first-order chi connectivity index (χ1) is 17.7. The van der Waals surface area contributed by atoms with Crippen LogP contribution in [0, 0.1) is 0 Å². The number of aromatic amines is 1. The SMILES string of the molecule is CCCCN(Cc1ccc(-c2ccccc2-c2nn[nH]n2)cc1)C(=S)N(CCOCC)CCOCC. The van der Waals surface area contributed by atoms with Crippen LogP contribution in [0.1, 0.15) is 39.2 Å². The third kappa shape index (κ3) is 8.08. The molecule has 0 fully saturated rings. The number of benzene rings is 2. The monoisotopic (exact) mass is 510 g/mol. The molecular formula is C27H38N6O2S. The Bertz CT molecular complexity index is 1020. The topological polar surface area (TPSA) is 79.4 Å². The van der Waals surface area contributed by atoms with Gasteiger partial charge in [0.1, 0.15) is 0 Å². The minimum Gasteiger partial charge on any atom is -0.380 e. The van der Waals surface area contributed by atoms with Crippen LogP contribution >= 0.6 is 12.2 Å². The second kappa shape index (κ2) is 15.3. The average molecular weight is 511 g/mol. The Kier molecular flexibility index (Phi) is 11.8. The summed E-state index contributed by atoms with van der Waals surface area (Å²) in [6.45, 7) is 12.1. The molecule has 0 aliphatic rings. The number of nitrogens with one attached hydrogen (secondary N) is 1. The quantitative estimate of drug-likeness (QED) is 0.231. The Morgan fingerprint density at radius 3 is 2.11 bits per heavy atom. The molecule has 0 atom stereocenters. The second-order valence-corrected chi connectivity index (χ2v) is 8.78. The normalized spacial score (nSPS) is 11.0. The largest absolute Gasteiger partial charge is 0.380 e. The maximum Gasteiger partial charge on any atom is 0.205 e. The number of ether oxygens (including phenoxy) is 2. The fourth-order valence-electron chi connectivity index (χ4n) is 3.95. The Balaban J connectivity index is 1.75. The molecule has 0 saturated heterocycles. The molecule has 8 nitrogen and oxygen atoms in total. The van der Waals surface area contributed by atoms with Crippen molar-refractivity contribution in [2.24, 2.45) is 0 Å². The van der Waals surface area contributed by atoms with Crippen molar-refractivity contribution in [3.63, 3.8) is 0 Å². The number of hydrogen-bond acceptors (Lipinski definition) is 6. The lowest BCUT2D eigenvalue weighted by Gasteiger charge is -2.34. The van der Waals surface area contributed by atoms with Gasteiger partial charge in [-0.1, -0.05) is 61.9 Å². The van der Waals surface area contributed by atoms with Crippen LogP contribution in [0.2, 0.25) is 0 Å². The summed E-state index contributed by atoms with van der Waals surface area (Å²) >= 11 is 5.99. The van der Waals surface area contributed by atoms with Crippen LogP contribution in [-0.4, -0.2) is 81.6 Å². The van der Waals surface area contributed by atoms with Crippen LogP contribution in [0.15, 0.2) is 48.5 Å². The van der Waals surface area contributed by atoms with Crippen molar-refractivity contribution in [2.75, 3.05) is 46.1 Å². The van der Waals surface area contributed by atoms with Crippen LogP contribution in [-0.2, 0) is 16.0 Å². The lowest BCUT2D eigenvalue weighted by molar-refractivity contribution is 0.103. The zero-order chi connectivity index (χ0) is 25.6. The van der Waals surface area contributed by atoms with E-state index in [9.17, 15) is 0 Å². The summed E-state index contributed by atoms with van der Waals surface area (Å²) in [6.07, 6.45) is 2.20. The van der Waals surface area contributed by atoms with E-state index in [-0.39, 0.29) is 0 Å². The van der Waals surface area contributed by atoms with Gasteiger partial charge in [-0.25, -0.2) is 0 Å². The molecule has 3 rings (SSSR count). The number of unbranched alkanes of at least 4 members (excludes halogenated alkanes) is 1. The van der Waals surface area contributed by atoms with Crippen molar-refractivity contribution in [1.29, 1.82) is 0 Å². The molecule has 194 valence electrons. The van der Waals surface area contributed by atoms with E-state index < -0.39 is 0 Å². The van der Waals surface area contributed by atoms with Crippen molar-refractivity contribution >= 4 is 17.3 Å². The van der Waals surface area contributed by atoms with Gasteiger partial charge in [0.15, 0.2) is 5.11 Å². The zero-order valence-electron chi connectivity index (χ0n) is 21.7. The van der Waals surface area contributed by atoms with E-state index in [1.807, 2.05) is 32.0 Å². The molecule has 1 N–H and O–H groups in total. The number of nitrogens with zero attached hydrogens (tertiary/aromatic N) is 5. The molecule has 0 bridgehead atoms. The molecule has 0 aliphatic carbocycles. The molecule has 1 heterocycles. The van der Waals surface area contributed by atoms with Crippen molar-refractivity contribution in [3.8, 4) is 22.5 Å². The molecule has 9 heteroatoms. The number of hydrogen-bond donors (Lipinski definition) is 1. The summed E-state index contributed by atoms with van der Waals surface area (Å²) < 4.78 is 11.2. The zero-order valence-corrected chi connectivity index (χ0v) is 22.5. The number of tetrazole rings is 1. The van der Waals surface area contributed by atoms with E-state index in [0.29, 0.717) is 32.3 Å². The third-order valence-electron chi connectivity index (χ3n) is 5.89. The third-order valence-corrected chi connectivity index (χ3v) is 6.41. The van der Waals surface area contributed by atoms with Crippen LogP contribution in [0.25, 0.3) is 22.5 Å². The van der Waals surface area contributed by atoms with Gasteiger partial charge in [0, 0.05) is 45.0 Å². The number of aromatic nitrogens is 4. The molecule has 36 heavy (non-hydrogen) atoms. The lowest BCUT2D eigenvalue weighted by atomic mass is 9.98. The minimum atomic E-state index is 0.588. The van der Waals surface area contributed by atoms with Crippen LogP contribution < -0.4 is 0 Å². The smallest absolute Gasteiger partial charge is 0.205 e. The molecule has 0 spiro atoms. The highest BCUT2D eigenvalue weighted by atomic mass is 32.1. The van der Waals surface area contributed by atoms with E-state index in [4.69, 9.17) is 21.7 Å². The fraction of sp³-hybridized carbons (Fsp3) is 0.481. The Morgan fingerprint density at radius 1 is 0.861 bits per heavy atom. The van der Waals surface area contributed by atoms with Crippen molar-refractivity contribution in [3.05, 3.63) is 54.1 Å². The molecule has 3 aromatic rings. The summed E-state index contributed by atoms with van der Waals surface area (Å²) in [5.74, 6) is 0.588. The fourth-order valence-corrected chi connectivity index (χ4v) is 4.29. The van der Waals surface area contributed by atoms with E-state index in [1.54, 1.807) is 0 Å². The highest BCUT2D eigenvalue weighted by Crippen LogP contribution is 2.30. The van der Waals surface area contributed by atoms with Gasteiger partial charge in [-0.2, -0.15) is 5.21 Å². The average Bonchev–Trinajstić information content (AvgIpc) is 3.45. The summed E-state index contributed by atoms with van der Waals surface area (Å²) in [5, 5.41) is 15.4. The predicted octanol–water partition coefficient (Wildman–Crippen LogP) is 4.80. The van der Waals surface area contributed by atoms with Gasteiger partial charge in [-0.15, -0.1) is 10.2 Å². The van der Waals surface area contributed by atoms with Crippen LogP contribution in [0.5, 0.6) is 0 Å². The van der Waals surface area contributed by atoms with Gasteiger partial charge < -0.3 is 19.3 Å². The molecule has 2 aromatic carbocycles. The second-order valence-electron chi connectivity index (χ2n) is 8.42. The highest BCUT2D eigenvalue weighted by molar-refractivity contribution is 7.80. The van der Waals surface area contributed by atoms with Gasteiger partial charge in [0.05, 0.1) is 13.2 Å². The van der Waals surface area contributed by atoms with Crippen molar-refractivity contribution in [2.45, 2.75) is 40.2 Å². The van der Waals surface area contributed by atoms with Gasteiger partial charge in [-0.05, 0) is 54.4 Å². The predicted molar refractivity (Wildman–Crippen MR) is 148 cm³/mol. The molecule has 1 aromatic heterocycles. The van der Waals surface area contributed by atoms with E-state index in [2.05, 4.69) is 67.7 Å². The van der Waals surface area contributed by atoms with E-state index >= 15 is 0 Å². The molecule has 0 unspecified atom stereocenters. The Hall–Kier alpha value is -2.88. The highest BCUT2D eigenvalue weighted by Gasteiger charge is 2.18. The Morgan fingerprint density at radius 2 is 1.53 bits per heavy atom. The molecule has 0 aliphatic heterocycles. The summed E-state index contributed by atoms with van der Waals surface area (Å²) in [5.41, 5.74) is 4.34.